The minimum absolute atomic E-state index is 0.0642. The number of rotatable bonds is 5. The van der Waals surface area contributed by atoms with Crippen LogP contribution in [0.15, 0.2) is 24.3 Å². The van der Waals surface area contributed by atoms with Gasteiger partial charge in [0, 0.05) is 10.7 Å². The van der Waals surface area contributed by atoms with Gasteiger partial charge >= 0.3 is 0 Å². The van der Waals surface area contributed by atoms with E-state index in [-0.39, 0.29) is 11.2 Å². The fourth-order valence-corrected chi connectivity index (χ4v) is 3.63. The van der Waals surface area contributed by atoms with Crippen LogP contribution in [0.25, 0.3) is 0 Å². The zero-order valence-electron chi connectivity index (χ0n) is 12.2. The zero-order chi connectivity index (χ0) is 14.4. The van der Waals surface area contributed by atoms with Crippen molar-refractivity contribution in [2.75, 3.05) is 11.9 Å². The second-order valence-corrected chi connectivity index (χ2v) is 6.45. The van der Waals surface area contributed by atoms with Crippen molar-refractivity contribution in [1.29, 1.82) is 0 Å². The average Bonchev–Trinajstić information content (AvgIpc) is 2.71. The van der Waals surface area contributed by atoms with E-state index in [0.717, 1.165) is 11.1 Å². The van der Waals surface area contributed by atoms with E-state index in [1.54, 1.807) is 6.92 Å². The first-order valence-corrected chi connectivity index (χ1v) is 8.58. The van der Waals surface area contributed by atoms with Gasteiger partial charge in [0.05, 0.1) is 12.2 Å². The lowest BCUT2D eigenvalue weighted by molar-refractivity contribution is 0.100. The van der Waals surface area contributed by atoms with Gasteiger partial charge in [0.1, 0.15) is 5.75 Å². The fourth-order valence-electron chi connectivity index (χ4n) is 2.91. The van der Waals surface area contributed by atoms with Crippen molar-refractivity contribution >= 4 is 21.7 Å². The van der Waals surface area contributed by atoms with Gasteiger partial charge in [0.15, 0.2) is 5.78 Å². The van der Waals surface area contributed by atoms with Crippen LogP contribution in [0.4, 0.5) is 0 Å². The summed E-state index contributed by atoms with van der Waals surface area (Å²) in [7, 11) is 0. The first-order valence-electron chi connectivity index (χ1n) is 7.46. The quantitative estimate of drug-likeness (QED) is 0.428. The summed E-state index contributed by atoms with van der Waals surface area (Å²) in [5, 5.41) is 0.974. The topological polar surface area (TPSA) is 26.3 Å². The molecule has 20 heavy (non-hydrogen) atoms. The smallest absolute Gasteiger partial charge is 0.163 e. The summed E-state index contributed by atoms with van der Waals surface area (Å²) in [4.78, 5) is 11.6. The van der Waals surface area contributed by atoms with Gasteiger partial charge in [-0.3, -0.25) is 4.79 Å². The summed E-state index contributed by atoms with van der Waals surface area (Å²) in [6.07, 6.45) is 7.64. The molecule has 0 atom stereocenters. The average molecular weight is 339 g/mol. The number of carbonyl (C=O) groups excluding carboxylic acids is 1. The third-order valence-electron chi connectivity index (χ3n) is 4.25. The Morgan fingerprint density at radius 3 is 2.45 bits per heavy atom. The molecule has 0 N–H and O–H groups in total. The minimum Gasteiger partial charge on any atom is -0.492 e. The van der Waals surface area contributed by atoms with Gasteiger partial charge in [-0.15, -0.1) is 0 Å². The molecule has 1 aromatic carbocycles. The summed E-state index contributed by atoms with van der Waals surface area (Å²) < 4.78 is 6.04. The van der Waals surface area contributed by atoms with Gasteiger partial charge in [-0.05, 0) is 31.9 Å². The normalized spacial score (nSPS) is 18.3. The summed E-state index contributed by atoms with van der Waals surface area (Å²) in [6.45, 7) is 2.29. The number of alkyl halides is 1. The summed E-state index contributed by atoms with van der Waals surface area (Å²) in [6, 6.07) is 7.55. The third-order valence-corrected chi connectivity index (χ3v) is 5.44. The molecule has 1 saturated carbocycles. The molecule has 2 rings (SSSR count). The van der Waals surface area contributed by atoms with Crippen LogP contribution in [0.2, 0.25) is 0 Å². The molecule has 0 spiro atoms. The molecule has 0 amide bonds. The maximum absolute atomic E-state index is 11.6. The highest BCUT2D eigenvalue weighted by molar-refractivity contribution is 9.09. The molecule has 0 bridgehead atoms. The molecule has 1 fully saturated rings. The Hall–Kier alpha value is -0.830. The number of ether oxygens (including phenoxy) is 1. The lowest BCUT2D eigenvalue weighted by atomic mass is 9.83. The van der Waals surface area contributed by atoms with Crippen molar-refractivity contribution in [1.82, 2.24) is 0 Å². The molecule has 0 unspecified atom stereocenters. The van der Waals surface area contributed by atoms with Gasteiger partial charge in [-0.1, -0.05) is 53.7 Å². The van der Waals surface area contributed by atoms with Crippen molar-refractivity contribution in [2.45, 2.75) is 45.4 Å². The molecular formula is C17H23BrO2. The first kappa shape index (κ1) is 15.6. The maximum Gasteiger partial charge on any atom is 0.163 e. The first-order chi connectivity index (χ1) is 9.67. The van der Waals surface area contributed by atoms with E-state index in [0.29, 0.717) is 12.2 Å². The molecule has 0 aromatic heterocycles. The van der Waals surface area contributed by atoms with Gasteiger partial charge < -0.3 is 4.74 Å². The van der Waals surface area contributed by atoms with Crippen molar-refractivity contribution in [2.24, 2.45) is 5.41 Å². The van der Waals surface area contributed by atoms with E-state index in [9.17, 15) is 4.79 Å². The Morgan fingerprint density at radius 1 is 1.20 bits per heavy atom. The Balaban J connectivity index is 2.08. The highest BCUT2D eigenvalue weighted by Crippen LogP contribution is 2.37. The van der Waals surface area contributed by atoms with Crippen molar-refractivity contribution in [3.8, 4) is 5.75 Å². The van der Waals surface area contributed by atoms with E-state index in [1.165, 1.54) is 38.5 Å². The molecule has 2 nitrogen and oxygen atoms in total. The highest BCUT2D eigenvalue weighted by atomic mass is 79.9. The van der Waals surface area contributed by atoms with Gasteiger partial charge in [0.25, 0.3) is 0 Å². The van der Waals surface area contributed by atoms with Crippen LogP contribution in [0.5, 0.6) is 5.75 Å². The number of hydrogen-bond acceptors (Lipinski definition) is 2. The predicted molar refractivity (Wildman–Crippen MR) is 85.9 cm³/mol. The number of carbonyl (C=O) groups is 1. The van der Waals surface area contributed by atoms with E-state index < -0.39 is 0 Å². The van der Waals surface area contributed by atoms with Crippen LogP contribution in [0.1, 0.15) is 55.8 Å². The van der Waals surface area contributed by atoms with Crippen molar-refractivity contribution < 1.29 is 9.53 Å². The Kier molecular flexibility index (Phi) is 5.64. The van der Waals surface area contributed by atoms with Crippen LogP contribution in [0.3, 0.4) is 0 Å². The lowest BCUT2D eigenvalue weighted by Gasteiger charge is -2.30. The van der Waals surface area contributed by atoms with E-state index in [2.05, 4.69) is 15.9 Å². The van der Waals surface area contributed by atoms with Crippen molar-refractivity contribution in [3.05, 3.63) is 29.8 Å². The van der Waals surface area contributed by atoms with Crippen LogP contribution in [-0.4, -0.2) is 17.7 Å². The Labute approximate surface area is 130 Å². The van der Waals surface area contributed by atoms with Gasteiger partial charge in [0.2, 0.25) is 0 Å². The maximum atomic E-state index is 11.6. The molecule has 1 aromatic rings. The molecular weight excluding hydrogens is 316 g/mol. The largest absolute Gasteiger partial charge is 0.492 e. The summed E-state index contributed by atoms with van der Waals surface area (Å²) >= 11 is 3.68. The number of para-hydroxylation sites is 1. The lowest BCUT2D eigenvalue weighted by Crippen LogP contribution is -2.30. The standard InChI is InChI=1S/C17H23BrO2/c1-14(19)15-8-4-5-9-16(15)20-13-17(12-18)10-6-2-3-7-11-17/h4-5,8-9H,2-3,6-7,10-13H2,1H3. The Morgan fingerprint density at radius 2 is 1.85 bits per heavy atom. The van der Waals surface area contributed by atoms with E-state index >= 15 is 0 Å². The minimum atomic E-state index is 0.0642. The summed E-state index contributed by atoms with van der Waals surface area (Å²) in [5.41, 5.74) is 0.909. The number of Topliss-reactive ketones (excluding diaryl/α,β-unsaturated/α-hetero) is 1. The fraction of sp³-hybridized carbons (Fsp3) is 0.588. The summed E-state index contributed by atoms with van der Waals surface area (Å²) in [5.74, 6) is 0.791. The molecule has 1 aliphatic rings. The highest BCUT2D eigenvalue weighted by Gasteiger charge is 2.31. The third kappa shape index (κ3) is 3.85. The van der Waals surface area contributed by atoms with Crippen LogP contribution in [-0.2, 0) is 0 Å². The Bertz CT molecular complexity index is 448. The molecule has 110 valence electrons. The molecule has 3 heteroatoms. The number of benzene rings is 1. The second-order valence-electron chi connectivity index (χ2n) is 5.89. The van der Waals surface area contributed by atoms with E-state index in [1.807, 2.05) is 24.3 Å². The molecule has 0 heterocycles. The molecule has 1 aliphatic carbocycles. The number of hydrogen-bond donors (Lipinski definition) is 0. The van der Waals surface area contributed by atoms with Gasteiger partial charge in [-0.2, -0.15) is 0 Å². The number of halogens is 1. The second kappa shape index (κ2) is 7.26. The van der Waals surface area contributed by atoms with Crippen LogP contribution >= 0.6 is 15.9 Å². The zero-order valence-corrected chi connectivity index (χ0v) is 13.7. The predicted octanol–water partition coefficient (Wildman–Crippen LogP) is 5.00. The van der Waals surface area contributed by atoms with E-state index in [4.69, 9.17) is 4.74 Å². The van der Waals surface area contributed by atoms with Crippen LogP contribution < -0.4 is 4.74 Å². The molecule has 0 saturated heterocycles. The molecule has 0 radical (unpaired) electrons. The monoisotopic (exact) mass is 338 g/mol. The van der Waals surface area contributed by atoms with Gasteiger partial charge in [-0.25, -0.2) is 0 Å². The number of ketones is 1. The SMILES string of the molecule is CC(=O)c1ccccc1OCC1(CBr)CCCCCC1. The molecule has 0 aliphatic heterocycles. The van der Waals surface area contributed by atoms with Crippen molar-refractivity contribution in [3.63, 3.8) is 0 Å². The van der Waals surface area contributed by atoms with Crippen LogP contribution in [0, 0.1) is 5.41 Å².